The molecule has 1 saturated carbocycles. The van der Waals surface area contributed by atoms with E-state index in [1.807, 2.05) is 6.92 Å². The average Bonchev–Trinajstić information content (AvgIpc) is 3.41. The molecule has 184 valence electrons. The number of sulfonamides is 1. The Hall–Kier alpha value is -3.43. The van der Waals surface area contributed by atoms with Crippen molar-refractivity contribution >= 4 is 33.2 Å². The third kappa shape index (κ3) is 5.63. The highest BCUT2D eigenvalue weighted by atomic mass is 32.2. The topological polar surface area (TPSA) is 109 Å². The number of anilines is 2. The molecule has 0 bridgehead atoms. The predicted octanol–water partition coefficient (Wildman–Crippen LogP) is 5.05. The summed E-state index contributed by atoms with van der Waals surface area (Å²) in [4.78, 5) is 25.3. The Morgan fingerprint density at radius 3 is 2.31 bits per heavy atom. The van der Waals surface area contributed by atoms with E-state index in [9.17, 15) is 18.0 Å². The standard InChI is InChI=1S/C26H29N3O5S/c1-18-10-11-19(17-23(18)28-26(31)24-9-6-16-34-24)25(30)27-20-12-14-22(15-13-20)35(32,33)29(2)21-7-4-3-5-8-21/h6,9-17,21H,3-5,7-8H2,1-2H3,(H,27,30)(H,28,31). The summed E-state index contributed by atoms with van der Waals surface area (Å²) in [6.07, 6.45) is 6.41. The Bertz CT molecular complexity index is 1300. The molecule has 4 rings (SSSR count). The number of benzene rings is 2. The molecule has 8 nitrogen and oxygen atoms in total. The number of rotatable bonds is 7. The van der Waals surface area contributed by atoms with Gasteiger partial charge in [-0.2, -0.15) is 4.31 Å². The third-order valence-electron chi connectivity index (χ3n) is 6.37. The summed E-state index contributed by atoms with van der Waals surface area (Å²) in [6.45, 7) is 1.82. The van der Waals surface area contributed by atoms with Gasteiger partial charge in [0.25, 0.3) is 11.8 Å². The van der Waals surface area contributed by atoms with Gasteiger partial charge in [0, 0.05) is 30.0 Å². The molecule has 35 heavy (non-hydrogen) atoms. The van der Waals surface area contributed by atoms with E-state index >= 15 is 0 Å². The van der Waals surface area contributed by atoms with Crippen LogP contribution in [0.1, 0.15) is 58.6 Å². The number of hydrogen-bond acceptors (Lipinski definition) is 5. The molecule has 0 radical (unpaired) electrons. The van der Waals surface area contributed by atoms with Crippen molar-refractivity contribution < 1.29 is 22.4 Å². The van der Waals surface area contributed by atoms with Gasteiger partial charge in [-0.15, -0.1) is 0 Å². The Balaban J connectivity index is 1.44. The summed E-state index contributed by atoms with van der Waals surface area (Å²) < 4.78 is 32.6. The molecular formula is C26H29N3O5S. The molecule has 1 aliphatic carbocycles. The van der Waals surface area contributed by atoms with Crippen molar-refractivity contribution in [2.45, 2.75) is 50.0 Å². The quantitative estimate of drug-likeness (QED) is 0.477. The van der Waals surface area contributed by atoms with Crippen LogP contribution in [0.2, 0.25) is 0 Å². The van der Waals surface area contributed by atoms with Gasteiger partial charge in [0.2, 0.25) is 10.0 Å². The number of aryl methyl sites for hydroxylation is 1. The highest BCUT2D eigenvalue weighted by Gasteiger charge is 2.29. The lowest BCUT2D eigenvalue weighted by Crippen LogP contribution is -2.38. The molecule has 9 heteroatoms. The van der Waals surface area contributed by atoms with Gasteiger partial charge in [0.15, 0.2) is 5.76 Å². The predicted molar refractivity (Wildman–Crippen MR) is 134 cm³/mol. The lowest BCUT2D eigenvalue weighted by molar-refractivity contribution is 0.0993. The minimum atomic E-state index is -3.60. The first kappa shape index (κ1) is 24.7. The summed E-state index contributed by atoms with van der Waals surface area (Å²) in [5.41, 5.74) is 2.10. The van der Waals surface area contributed by atoms with Crippen LogP contribution in [0, 0.1) is 6.92 Å². The van der Waals surface area contributed by atoms with E-state index in [0.717, 1.165) is 37.7 Å². The second-order valence-corrected chi connectivity index (χ2v) is 10.8. The van der Waals surface area contributed by atoms with Gasteiger partial charge < -0.3 is 15.1 Å². The molecule has 0 aliphatic heterocycles. The van der Waals surface area contributed by atoms with E-state index in [1.54, 1.807) is 49.5 Å². The average molecular weight is 496 g/mol. The summed E-state index contributed by atoms with van der Waals surface area (Å²) in [5.74, 6) is -0.623. The third-order valence-corrected chi connectivity index (χ3v) is 8.30. The second kappa shape index (κ2) is 10.5. The fraction of sp³-hybridized carbons (Fsp3) is 0.308. The Morgan fingerprint density at radius 1 is 0.943 bits per heavy atom. The number of nitrogens with zero attached hydrogens (tertiary/aromatic N) is 1. The number of nitrogens with one attached hydrogen (secondary N) is 2. The molecule has 3 aromatic rings. The zero-order valence-electron chi connectivity index (χ0n) is 19.8. The van der Waals surface area contributed by atoms with Crippen molar-refractivity contribution in [3.05, 3.63) is 77.7 Å². The van der Waals surface area contributed by atoms with Crippen molar-refractivity contribution in [2.75, 3.05) is 17.7 Å². The van der Waals surface area contributed by atoms with Crippen LogP contribution in [0.15, 0.2) is 70.2 Å². The molecule has 0 atom stereocenters. The first-order chi connectivity index (χ1) is 16.8. The number of carbonyl (C=O) groups excluding carboxylic acids is 2. The smallest absolute Gasteiger partial charge is 0.291 e. The lowest BCUT2D eigenvalue weighted by atomic mass is 9.96. The van der Waals surface area contributed by atoms with E-state index in [1.165, 1.54) is 22.7 Å². The maximum atomic E-state index is 13.0. The first-order valence-electron chi connectivity index (χ1n) is 11.6. The molecule has 2 aromatic carbocycles. The van der Waals surface area contributed by atoms with Gasteiger partial charge in [-0.25, -0.2) is 8.42 Å². The highest BCUT2D eigenvalue weighted by Crippen LogP contribution is 2.27. The van der Waals surface area contributed by atoms with Gasteiger partial charge >= 0.3 is 0 Å². The van der Waals surface area contributed by atoms with Crippen molar-refractivity contribution in [2.24, 2.45) is 0 Å². The van der Waals surface area contributed by atoms with E-state index < -0.39 is 15.9 Å². The van der Waals surface area contributed by atoms with Crippen LogP contribution in [0.5, 0.6) is 0 Å². The monoisotopic (exact) mass is 495 g/mol. The molecule has 1 heterocycles. The van der Waals surface area contributed by atoms with Crippen molar-refractivity contribution in [3.63, 3.8) is 0 Å². The van der Waals surface area contributed by atoms with Crippen molar-refractivity contribution in [1.82, 2.24) is 4.31 Å². The van der Waals surface area contributed by atoms with E-state index in [4.69, 9.17) is 4.42 Å². The Labute approximate surface area is 205 Å². The molecule has 0 spiro atoms. The largest absolute Gasteiger partial charge is 0.459 e. The van der Waals surface area contributed by atoms with Crippen LogP contribution >= 0.6 is 0 Å². The van der Waals surface area contributed by atoms with Gasteiger partial charge in [0.05, 0.1) is 11.2 Å². The summed E-state index contributed by atoms with van der Waals surface area (Å²) >= 11 is 0. The molecule has 0 saturated heterocycles. The normalized spacial score (nSPS) is 14.6. The number of hydrogen-bond donors (Lipinski definition) is 2. The first-order valence-corrected chi connectivity index (χ1v) is 13.0. The highest BCUT2D eigenvalue weighted by molar-refractivity contribution is 7.89. The van der Waals surface area contributed by atoms with Crippen LogP contribution in [0.4, 0.5) is 11.4 Å². The Kier molecular flexibility index (Phi) is 7.37. The zero-order valence-corrected chi connectivity index (χ0v) is 20.6. The van der Waals surface area contributed by atoms with Gasteiger partial charge in [-0.05, 0) is 73.9 Å². The lowest BCUT2D eigenvalue weighted by Gasteiger charge is -2.30. The van der Waals surface area contributed by atoms with Crippen molar-refractivity contribution in [3.8, 4) is 0 Å². The zero-order chi connectivity index (χ0) is 25.0. The molecule has 2 N–H and O–H groups in total. The SMILES string of the molecule is Cc1ccc(C(=O)Nc2ccc(S(=O)(=O)N(C)C3CCCCC3)cc2)cc1NC(=O)c1ccco1. The number of furan rings is 1. The van der Waals surface area contributed by atoms with E-state index in [0.29, 0.717) is 16.9 Å². The second-order valence-electron chi connectivity index (χ2n) is 8.75. The van der Waals surface area contributed by atoms with E-state index in [2.05, 4.69) is 10.6 Å². The molecule has 0 unspecified atom stereocenters. The maximum Gasteiger partial charge on any atom is 0.291 e. The molecule has 2 amide bonds. The Morgan fingerprint density at radius 2 is 1.66 bits per heavy atom. The maximum absolute atomic E-state index is 13.0. The number of carbonyl (C=O) groups is 2. The summed E-state index contributed by atoms with van der Waals surface area (Å²) in [7, 11) is -1.96. The fourth-order valence-corrected chi connectivity index (χ4v) is 5.63. The fourth-order valence-electron chi connectivity index (χ4n) is 4.21. The molecule has 1 fully saturated rings. The minimum absolute atomic E-state index is 0.0251. The number of amides is 2. The van der Waals surface area contributed by atoms with Gasteiger partial charge in [-0.3, -0.25) is 9.59 Å². The van der Waals surface area contributed by atoms with E-state index in [-0.39, 0.29) is 22.6 Å². The van der Waals surface area contributed by atoms with Crippen LogP contribution < -0.4 is 10.6 Å². The van der Waals surface area contributed by atoms with Gasteiger partial charge in [-0.1, -0.05) is 25.3 Å². The van der Waals surface area contributed by atoms with Crippen molar-refractivity contribution in [1.29, 1.82) is 0 Å². The molecule has 1 aromatic heterocycles. The van der Waals surface area contributed by atoms with Gasteiger partial charge in [0.1, 0.15) is 0 Å². The minimum Gasteiger partial charge on any atom is -0.459 e. The van der Waals surface area contributed by atoms with Crippen LogP contribution in [-0.2, 0) is 10.0 Å². The van der Waals surface area contributed by atoms with Crippen LogP contribution in [-0.4, -0.2) is 37.6 Å². The summed E-state index contributed by atoms with van der Waals surface area (Å²) in [5, 5.41) is 5.53. The van der Waals surface area contributed by atoms with Crippen LogP contribution in [0.25, 0.3) is 0 Å². The molecule has 1 aliphatic rings. The summed E-state index contributed by atoms with van der Waals surface area (Å²) in [6, 6.07) is 14.4. The van der Waals surface area contributed by atoms with Crippen LogP contribution in [0.3, 0.4) is 0 Å². The molecular weight excluding hydrogens is 466 g/mol.